The summed E-state index contributed by atoms with van der Waals surface area (Å²) in [6.45, 7) is 9.91. The van der Waals surface area contributed by atoms with Gasteiger partial charge in [-0.1, -0.05) is 17.7 Å². The number of carbonyl (C=O) groups excluding carboxylic acids is 1. The van der Waals surface area contributed by atoms with Crippen molar-refractivity contribution in [1.82, 2.24) is 30.4 Å². The van der Waals surface area contributed by atoms with Crippen LogP contribution in [0.5, 0.6) is 5.75 Å². The molecule has 2 aromatic rings. The normalized spacial score (nSPS) is 21.3. The minimum atomic E-state index is -0.351. The molecule has 0 saturated carbocycles. The molecule has 1 amide bonds. The van der Waals surface area contributed by atoms with Crippen LogP contribution in [0.25, 0.3) is 0 Å². The minimum Gasteiger partial charge on any atom is -0.487 e. The van der Waals surface area contributed by atoms with E-state index in [0.717, 1.165) is 30.0 Å². The summed E-state index contributed by atoms with van der Waals surface area (Å²) in [5.74, 6) is 1.40. The van der Waals surface area contributed by atoms with Crippen LogP contribution in [0.4, 0.5) is 0 Å². The SMILES string of the molecule is Cc1ccc2c(c1)[C@@H](NC(=O)Cn1nnnc1CN1CCOCC1)CC(C)(C)O2. The maximum atomic E-state index is 12.8. The number of hydrogen-bond acceptors (Lipinski definition) is 7. The Morgan fingerprint density at radius 2 is 2.10 bits per heavy atom. The third kappa shape index (κ3) is 4.73. The summed E-state index contributed by atoms with van der Waals surface area (Å²) in [7, 11) is 0. The van der Waals surface area contributed by atoms with E-state index >= 15 is 0 Å². The molecular weight excluding hydrogens is 372 g/mol. The number of tetrazole rings is 1. The van der Waals surface area contributed by atoms with Crippen LogP contribution in [-0.4, -0.2) is 62.9 Å². The maximum Gasteiger partial charge on any atom is 0.242 e. The highest BCUT2D eigenvalue weighted by Gasteiger charge is 2.34. The predicted molar refractivity (Wildman–Crippen MR) is 105 cm³/mol. The first-order chi connectivity index (χ1) is 13.9. The highest BCUT2D eigenvalue weighted by Crippen LogP contribution is 2.39. The molecule has 0 radical (unpaired) electrons. The van der Waals surface area contributed by atoms with Crippen LogP contribution in [0, 0.1) is 6.92 Å². The second kappa shape index (κ2) is 8.08. The monoisotopic (exact) mass is 400 g/mol. The van der Waals surface area contributed by atoms with Gasteiger partial charge in [0, 0.05) is 25.1 Å². The Bertz CT molecular complexity index is 875. The molecule has 2 aliphatic heterocycles. The van der Waals surface area contributed by atoms with Crippen molar-refractivity contribution >= 4 is 5.91 Å². The third-order valence-electron chi connectivity index (χ3n) is 5.33. The van der Waals surface area contributed by atoms with Gasteiger partial charge in [-0.3, -0.25) is 9.69 Å². The summed E-state index contributed by atoms with van der Waals surface area (Å²) in [5, 5.41) is 15.0. The molecule has 1 aromatic heterocycles. The second-order valence-corrected chi connectivity index (χ2v) is 8.37. The molecule has 4 rings (SSSR count). The van der Waals surface area contributed by atoms with Gasteiger partial charge in [-0.15, -0.1) is 5.10 Å². The van der Waals surface area contributed by atoms with Crippen LogP contribution in [0.1, 0.15) is 43.3 Å². The number of aryl methyl sites for hydroxylation is 1. The number of fused-ring (bicyclic) bond motifs is 1. The molecule has 3 heterocycles. The molecule has 0 bridgehead atoms. The van der Waals surface area contributed by atoms with E-state index < -0.39 is 0 Å². The summed E-state index contributed by atoms with van der Waals surface area (Å²) in [6.07, 6.45) is 0.700. The topological polar surface area (TPSA) is 94.4 Å². The van der Waals surface area contributed by atoms with E-state index in [-0.39, 0.29) is 24.1 Å². The van der Waals surface area contributed by atoms with Gasteiger partial charge in [0.15, 0.2) is 5.82 Å². The number of morpholine rings is 1. The zero-order valence-electron chi connectivity index (χ0n) is 17.2. The van der Waals surface area contributed by atoms with Crippen molar-refractivity contribution < 1.29 is 14.3 Å². The Labute approximate surface area is 170 Å². The molecule has 1 aromatic carbocycles. The Morgan fingerprint density at radius 3 is 2.90 bits per heavy atom. The largest absolute Gasteiger partial charge is 0.487 e. The molecule has 1 saturated heterocycles. The first-order valence-electron chi connectivity index (χ1n) is 10.0. The molecule has 0 spiro atoms. The van der Waals surface area contributed by atoms with Crippen molar-refractivity contribution in [3.8, 4) is 5.75 Å². The lowest BCUT2D eigenvalue weighted by Gasteiger charge is -2.38. The van der Waals surface area contributed by atoms with Gasteiger partial charge >= 0.3 is 0 Å². The van der Waals surface area contributed by atoms with Crippen molar-refractivity contribution in [1.29, 1.82) is 0 Å². The number of nitrogens with zero attached hydrogens (tertiary/aromatic N) is 5. The van der Waals surface area contributed by atoms with Gasteiger partial charge in [0.25, 0.3) is 0 Å². The van der Waals surface area contributed by atoms with Crippen LogP contribution in [0.2, 0.25) is 0 Å². The van der Waals surface area contributed by atoms with E-state index in [2.05, 4.69) is 31.8 Å². The van der Waals surface area contributed by atoms with Gasteiger partial charge < -0.3 is 14.8 Å². The molecule has 156 valence electrons. The first kappa shape index (κ1) is 19.8. The molecule has 0 unspecified atom stereocenters. The van der Waals surface area contributed by atoms with Crippen LogP contribution >= 0.6 is 0 Å². The highest BCUT2D eigenvalue weighted by molar-refractivity contribution is 5.76. The van der Waals surface area contributed by atoms with Crippen LogP contribution < -0.4 is 10.1 Å². The van der Waals surface area contributed by atoms with E-state index in [0.29, 0.717) is 32.0 Å². The number of amides is 1. The first-order valence-corrected chi connectivity index (χ1v) is 10.0. The summed E-state index contributed by atoms with van der Waals surface area (Å²) in [4.78, 5) is 15.1. The summed E-state index contributed by atoms with van der Waals surface area (Å²) < 4.78 is 13.0. The third-order valence-corrected chi connectivity index (χ3v) is 5.33. The number of benzene rings is 1. The zero-order chi connectivity index (χ0) is 20.4. The zero-order valence-corrected chi connectivity index (χ0v) is 17.2. The number of aromatic nitrogens is 4. The fraction of sp³-hybridized carbons (Fsp3) is 0.600. The molecule has 1 N–H and O–H groups in total. The van der Waals surface area contributed by atoms with Gasteiger partial charge in [0.2, 0.25) is 5.91 Å². The second-order valence-electron chi connectivity index (χ2n) is 8.37. The standard InChI is InChI=1S/C20H28N6O3/c1-14-4-5-17-15(10-14)16(11-20(2,3)29-17)21-19(27)13-26-18(22-23-24-26)12-25-6-8-28-9-7-25/h4-5,10,16H,6-9,11-13H2,1-3H3,(H,21,27)/t16-/m0/s1. The smallest absolute Gasteiger partial charge is 0.242 e. The number of carbonyl (C=O) groups is 1. The van der Waals surface area contributed by atoms with Gasteiger partial charge in [-0.25, -0.2) is 4.68 Å². The van der Waals surface area contributed by atoms with Gasteiger partial charge in [0.1, 0.15) is 17.9 Å². The van der Waals surface area contributed by atoms with E-state index in [1.807, 2.05) is 32.9 Å². The Morgan fingerprint density at radius 1 is 1.31 bits per heavy atom. The van der Waals surface area contributed by atoms with E-state index in [1.165, 1.54) is 0 Å². The molecule has 9 heteroatoms. The molecule has 9 nitrogen and oxygen atoms in total. The fourth-order valence-corrected chi connectivity index (χ4v) is 3.90. The molecule has 1 atom stereocenters. The maximum absolute atomic E-state index is 12.8. The van der Waals surface area contributed by atoms with Crippen LogP contribution in [-0.2, 0) is 22.6 Å². The molecule has 1 fully saturated rings. The molecule has 0 aliphatic carbocycles. The van der Waals surface area contributed by atoms with E-state index in [9.17, 15) is 4.79 Å². The lowest BCUT2D eigenvalue weighted by atomic mass is 9.89. The van der Waals surface area contributed by atoms with Crippen molar-refractivity contribution in [2.45, 2.75) is 51.9 Å². The van der Waals surface area contributed by atoms with E-state index in [1.54, 1.807) is 4.68 Å². The van der Waals surface area contributed by atoms with Crippen LogP contribution in [0.3, 0.4) is 0 Å². The lowest BCUT2D eigenvalue weighted by molar-refractivity contribution is -0.123. The fourth-order valence-electron chi connectivity index (χ4n) is 3.90. The van der Waals surface area contributed by atoms with Gasteiger partial charge in [-0.2, -0.15) is 0 Å². The average molecular weight is 400 g/mol. The average Bonchev–Trinajstić information content (AvgIpc) is 3.09. The summed E-state index contributed by atoms with van der Waals surface area (Å²) in [5.41, 5.74) is 1.80. The molecule has 29 heavy (non-hydrogen) atoms. The predicted octanol–water partition coefficient (Wildman–Crippen LogP) is 1.23. The molecular formula is C20H28N6O3. The van der Waals surface area contributed by atoms with Crippen LogP contribution in [0.15, 0.2) is 18.2 Å². The van der Waals surface area contributed by atoms with Crippen molar-refractivity contribution in [3.05, 3.63) is 35.2 Å². The van der Waals surface area contributed by atoms with E-state index in [4.69, 9.17) is 9.47 Å². The van der Waals surface area contributed by atoms with Gasteiger partial charge in [0.05, 0.1) is 25.8 Å². The number of nitrogens with one attached hydrogen (secondary N) is 1. The van der Waals surface area contributed by atoms with Gasteiger partial charge in [-0.05, 0) is 37.3 Å². The Balaban J connectivity index is 1.44. The Kier molecular flexibility index (Phi) is 5.51. The van der Waals surface area contributed by atoms with Crippen molar-refractivity contribution in [2.75, 3.05) is 26.3 Å². The number of rotatable bonds is 5. The van der Waals surface area contributed by atoms with Crippen molar-refractivity contribution in [3.63, 3.8) is 0 Å². The summed E-state index contributed by atoms with van der Waals surface area (Å²) in [6, 6.07) is 5.97. The highest BCUT2D eigenvalue weighted by atomic mass is 16.5. The minimum absolute atomic E-state index is 0.0889. The quantitative estimate of drug-likeness (QED) is 0.807. The number of ether oxygens (including phenoxy) is 2. The Hall–Kier alpha value is -2.52. The van der Waals surface area contributed by atoms with Crippen molar-refractivity contribution in [2.24, 2.45) is 0 Å². The summed E-state index contributed by atoms with van der Waals surface area (Å²) >= 11 is 0. The molecule has 2 aliphatic rings. The lowest BCUT2D eigenvalue weighted by Crippen LogP contribution is -2.42. The number of hydrogen-bond donors (Lipinski definition) is 1.